The van der Waals surface area contributed by atoms with Crippen LogP contribution in [-0.2, 0) is 6.54 Å². The first kappa shape index (κ1) is 17.2. The Bertz CT molecular complexity index is 1160. The summed E-state index contributed by atoms with van der Waals surface area (Å²) < 4.78 is 7.38. The maximum absolute atomic E-state index is 10.6. The molecule has 0 radical (unpaired) electrons. The molecule has 0 amide bonds. The van der Waals surface area contributed by atoms with Crippen LogP contribution in [0.2, 0.25) is 0 Å². The first-order valence-electron chi connectivity index (χ1n) is 9.10. The highest BCUT2D eigenvalue weighted by atomic mass is 16.5. The van der Waals surface area contributed by atoms with Crippen molar-refractivity contribution in [1.82, 2.24) is 9.55 Å². The Labute approximate surface area is 158 Å². The first-order chi connectivity index (χ1) is 13.0. The van der Waals surface area contributed by atoms with E-state index in [0.29, 0.717) is 16.6 Å². The second-order valence-corrected chi connectivity index (χ2v) is 6.84. The maximum Gasteiger partial charge on any atom is 0.202 e. The van der Waals surface area contributed by atoms with E-state index in [9.17, 15) is 5.11 Å². The number of methoxy groups -OCH3 is 1. The number of nitrogens with two attached hydrogens (primary N) is 1. The van der Waals surface area contributed by atoms with Crippen molar-refractivity contribution in [2.24, 2.45) is 0 Å². The van der Waals surface area contributed by atoms with Gasteiger partial charge in [-0.15, -0.1) is 0 Å². The SMILES string of the molecule is CCCn1cc2nc3c(-c4cc(C)ccc4OC)cccc3c(N)c2c1O. The van der Waals surface area contributed by atoms with Crippen LogP contribution in [-0.4, -0.2) is 21.8 Å². The molecular formula is C22H23N3O2. The van der Waals surface area contributed by atoms with Crippen LogP contribution >= 0.6 is 0 Å². The quantitative estimate of drug-likeness (QED) is 0.544. The van der Waals surface area contributed by atoms with E-state index in [2.05, 4.69) is 19.9 Å². The highest BCUT2D eigenvalue weighted by Crippen LogP contribution is 2.41. The summed E-state index contributed by atoms with van der Waals surface area (Å²) in [6.07, 6.45) is 2.79. The molecule has 0 atom stereocenters. The van der Waals surface area contributed by atoms with Crippen LogP contribution < -0.4 is 10.5 Å². The number of aromatic hydroxyl groups is 1. The van der Waals surface area contributed by atoms with E-state index < -0.39 is 0 Å². The van der Waals surface area contributed by atoms with Crippen molar-refractivity contribution < 1.29 is 9.84 Å². The van der Waals surface area contributed by atoms with Crippen LogP contribution in [0.5, 0.6) is 11.6 Å². The van der Waals surface area contributed by atoms with Gasteiger partial charge < -0.3 is 20.1 Å². The first-order valence-corrected chi connectivity index (χ1v) is 9.10. The molecule has 0 saturated heterocycles. The van der Waals surface area contributed by atoms with Gasteiger partial charge in [-0.25, -0.2) is 4.98 Å². The highest BCUT2D eigenvalue weighted by molar-refractivity contribution is 6.12. The van der Waals surface area contributed by atoms with Gasteiger partial charge in [-0.05, 0) is 25.5 Å². The zero-order valence-corrected chi connectivity index (χ0v) is 15.8. The van der Waals surface area contributed by atoms with Crippen molar-refractivity contribution in [1.29, 1.82) is 0 Å². The number of para-hydroxylation sites is 1. The summed E-state index contributed by atoms with van der Waals surface area (Å²) in [5, 5.41) is 12.0. The fraction of sp³-hybridized carbons (Fsp3) is 0.227. The molecular weight excluding hydrogens is 338 g/mol. The molecule has 5 heteroatoms. The molecule has 27 heavy (non-hydrogen) atoms. The number of rotatable bonds is 4. The van der Waals surface area contributed by atoms with Gasteiger partial charge in [-0.1, -0.05) is 36.8 Å². The molecule has 2 heterocycles. The summed E-state index contributed by atoms with van der Waals surface area (Å²) in [5.74, 6) is 0.970. The third kappa shape index (κ3) is 2.67. The van der Waals surface area contributed by atoms with Crippen molar-refractivity contribution >= 4 is 27.5 Å². The summed E-state index contributed by atoms with van der Waals surface area (Å²) in [6, 6.07) is 12.0. The molecule has 138 valence electrons. The number of aryl methyl sites for hydroxylation is 2. The minimum atomic E-state index is 0.178. The average Bonchev–Trinajstić information content (AvgIpc) is 2.97. The van der Waals surface area contributed by atoms with E-state index in [0.717, 1.165) is 46.3 Å². The van der Waals surface area contributed by atoms with Gasteiger partial charge in [-0.3, -0.25) is 0 Å². The van der Waals surface area contributed by atoms with Gasteiger partial charge in [0.05, 0.1) is 29.2 Å². The molecule has 3 N–H and O–H groups in total. The van der Waals surface area contributed by atoms with Crippen LogP contribution in [0.4, 0.5) is 5.69 Å². The van der Waals surface area contributed by atoms with Gasteiger partial charge in [0, 0.05) is 29.3 Å². The number of benzene rings is 2. The molecule has 0 spiro atoms. The van der Waals surface area contributed by atoms with Gasteiger partial charge in [-0.2, -0.15) is 0 Å². The number of nitrogens with zero attached hydrogens (tertiary/aromatic N) is 2. The summed E-state index contributed by atoms with van der Waals surface area (Å²) in [4.78, 5) is 4.87. The Kier molecular flexibility index (Phi) is 4.15. The normalized spacial score (nSPS) is 11.4. The minimum Gasteiger partial charge on any atom is -0.496 e. The van der Waals surface area contributed by atoms with E-state index in [1.165, 1.54) is 0 Å². The predicted molar refractivity (Wildman–Crippen MR) is 110 cm³/mol. The molecule has 0 bridgehead atoms. The van der Waals surface area contributed by atoms with Gasteiger partial charge in [0.1, 0.15) is 5.75 Å². The van der Waals surface area contributed by atoms with Gasteiger partial charge in [0.15, 0.2) is 0 Å². The smallest absolute Gasteiger partial charge is 0.202 e. The van der Waals surface area contributed by atoms with Gasteiger partial charge >= 0.3 is 0 Å². The number of fused-ring (bicyclic) bond motifs is 2. The molecule has 0 unspecified atom stereocenters. The summed E-state index contributed by atoms with van der Waals surface area (Å²) in [7, 11) is 1.67. The Morgan fingerprint density at radius 3 is 2.74 bits per heavy atom. The molecule has 0 aliphatic rings. The van der Waals surface area contributed by atoms with Crippen LogP contribution in [0.1, 0.15) is 18.9 Å². The number of nitrogen functional groups attached to an aromatic ring is 1. The molecule has 2 aromatic heterocycles. The molecule has 4 aromatic rings. The third-order valence-corrected chi connectivity index (χ3v) is 4.97. The molecule has 0 aliphatic heterocycles. The fourth-order valence-electron chi connectivity index (χ4n) is 3.67. The van der Waals surface area contributed by atoms with Crippen molar-refractivity contribution in [2.75, 3.05) is 12.8 Å². The molecule has 4 rings (SSSR count). The summed E-state index contributed by atoms with van der Waals surface area (Å²) in [6.45, 7) is 4.84. The predicted octanol–water partition coefficient (Wildman–Crippen LogP) is 4.87. The Morgan fingerprint density at radius 2 is 2.00 bits per heavy atom. The lowest BCUT2D eigenvalue weighted by molar-refractivity contribution is 0.416. The third-order valence-electron chi connectivity index (χ3n) is 4.97. The number of ether oxygens (including phenoxy) is 1. The second kappa shape index (κ2) is 6.50. The highest BCUT2D eigenvalue weighted by Gasteiger charge is 2.18. The lowest BCUT2D eigenvalue weighted by atomic mass is 9.98. The summed E-state index contributed by atoms with van der Waals surface area (Å²) in [5.41, 5.74) is 11.6. The van der Waals surface area contributed by atoms with Gasteiger partial charge in [0.25, 0.3) is 0 Å². The van der Waals surface area contributed by atoms with Crippen molar-refractivity contribution in [2.45, 2.75) is 26.8 Å². The second-order valence-electron chi connectivity index (χ2n) is 6.84. The number of anilines is 1. The van der Waals surface area contributed by atoms with E-state index >= 15 is 0 Å². The van der Waals surface area contributed by atoms with Crippen molar-refractivity contribution in [3.8, 4) is 22.8 Å². The van der Waals surface area contributed by atoms with Crippen LogP contribution in [0.15, 0.2) is 42.6 Å². The monoisotopic (exact) mass is 361 g/mol. The van der Waals surface area contributed by atoms with Gasteiger partial charge in [0.2, 0.25) is 5.88 Å². The Morgan fingerprint density at radius 1 is 1.19 bits per heavy atom. The van der Waals surface area contributed by atoms with E-state index in [1.807, 2.05) is 36.5 Å². The summed E-state index contributed by atoms with van der Waals surface area (Å²) >= 11 is 0. The molecule has 0 saturated carbocycles. The van der Waals surface area contributed by atoms with E-state index in [-0.39, 0.29) is 5.88 Å². The van der Waals surface area contributed by atoms with Crippen LogP contribution in [0, 0.1) is 6.92 Å². The molecule has 2 aromatic carbocycles. The lowest BCUT2D eigenvalue weighted by Crippen LogP contribution is -1.95. The Balaban J connectivity index is 2.07. The molecule has 5 nitrogen and oxygen atoms in total. The maximum atomic E-state index is 10.6. The van der Waals surface area contributed by atoms with Crippen LogP contribution in [0.3, 0.4) is 0 Å². The number of hydrogen-bond acceptors (Lipinski definition) is 4. The average molecular weight is 361 g/mol. The molecule has 0 aliphatic carbocycles. The van der Waals surface area contributed by atoms with Crippen molar-refractivity contribution in [3.63, 3.8) is 0 Å². The Hall–Kier alpha value is -3.21. The largest absolute Gasteiger partial charge is 0.496 e. The number of pyridine rings is 1. The molecule has 0 fully saturated rings. The zero-order valence-electron chi connectivity index (χ0n) is 15.8. The van der Waals surface area contributed by atoms with E-state index in [1.54, 1.807) is 11.7 Å². The standard InChI is InChI=1S/C22H23N3O2/c1-4-10-25-12-17-19(22(25)26)20(23)15-7-5-6-14(21(15)24-17)16-11-13(2)8-9-18(16)27-3/h5-9,11-12,26H,4,10,23H2,1-3H3. The minimum absolute atomic E-state index is 0.178. The topological polar surface area (TPSA) is 73.3 Å². The van der Waals surface area contributed by atoms with E-state index in [4.69, 9.17) is 15.5 Å². The van der Waals surface area contributed by atoms with Crippen LogP contribution in [0.25, 0.3) is 32.9 Å². The fourth-order valence-corrected chi connectivity index (χ4v) is 3.67. The number of aromatic nitrogens is 2. The number of hydrogen-bond donors (Lipinski definition) is 2. The van der Waals surface area contributed by atoms with Crippen molar-refractivity contribution in [3.05, 3.63) is 48.2 Å². The lowest BCUT2D eigenvalue weighted by Gasteiger charge is -2.13. The zero-order chi connectivity index (χ0) is 19.1.